The van der Waals surface area contributed by atoms with Crippen molar-refractivity contribution in [3.05, 3.63) is 29.0 Å². The number of carboxylic acid groups (broad SMARTS) is 1. The van der Waals surface area contributed by atoms with Crippen molar-refractivity contribution in [2.45, 2.75) is 32.1 Å². The number of fused-ring (bicyclic) bond motifs is 3. The summed E-state index contributed by atoms with van der Waals surface area (Å²) in [6.07, 6.45) is 2.07. The summed E-state index contributed by atoms with van der Waals surface area (Å²) >= 11 is 0. The van der Waals surface area contributed by atoms with Gasteiger partial charge in [0, 0.05) is 22.5 Å². The Morgan fingerprint density at radius 2 is 2.32 bits per heavy atom. The van der Waals surface area contributed by atoms with E-state index in [0.29, 0.717) is 0 Å². The molecule has 19 heavy (non-hydrogen) atoms. The van der Waals surface area contributed by atoms with Crippen LogP contribution in [-0.4, -0.2) is 23.2 Å². The number of hydrogen-bond acceptors (Lipinski definition) is 2. The van der Waals surface area contributed by atoms with E-state index in [1.807, 2.05) is 19.1 Å². The fourth-order valence-electron chi connectivity index (χ4n) is 3.13. The normalized spacial score (nSPS) is 17.7. The summed E-state index contributed by atoms with van der Waals surface area (Å²) < 4.78 is 5.32. The fraction of sp³-hybridized carbons (Fsp3) is 0.400. The van der Waals surface area contributed by atoms with Crippen LogP contribution >= 0.6 is 0 Å². The van der Waals surface area contributed by atoms with Crippen LogP contribution in [-0.2, 0) is 11.2 Å². The molecule has 100 valence electrons. The molecule has 0 fully saturated rings. The van der Waals surface area contributed by atoms with E-state index in [1.165, 1.54) is 10.9 Å². The zero-order valence-electron chi connectivity index (χ0n) is 11.1. The van der Waals surface area contributed by atoms with Gasteiger partial charge in [0.15, 0.2) is 0 Å². The molecule has 1 heterocycles. The number of carboxylic acids is 1. The molecule has 0 saturated carbocycles. The van der Waals surface area contributed by atoms with Gasteiger partial charge in [-0.05, 0) is 43.0 Å². The number of nitrogens with one attached hydrogen (secondary N) is 1. The first kappa shape index (κ1) is 12.1. The second-order valence-electron chi connectivity index (χ2n) is 5.22. The second-order valence-corrected chi connectivity index (χ2v) is 5.22. The van der Waals surface area contributed by atoms with E-state index in [2.05, 4.69) is 4.98 Å². The predicted molar refractivity (Wildman–Crippen MR) is 72.9 cm³/mol. The summed E-state index contributed by atoms with van der Waals surface area (Å²) in [4.78, 5) is 14.3. The highest BCUT2D eigenvalue weighted by molar-refractivity contribution is 5.89. The van der Waals surface area contributed by atoms with Crippen LogP contribution in [0.2, 0.25) is 0 Å². The molecule has 1 aliphatic carbocycles. The van der Waals surface area contributed by atoms with Crippen LogP contribution in [0.25, 0.3) is 10.9 Å². The lowest BCUT2D eigenvalue weighted by Crippen LogP contribution is -2.03. The maximum absolute atomic E-state index is 10.9. The zero-order chi connectivity index (χ0) is 13.6. The van der Waals surface area contributed by atoms with E-state index in [0.717, 1.165) is 35.4 Å². The van der Waals surface area contributed by atoms with Crippen LogP contribution in [0.4, 0.5) is 0 Å². The minimum absolute atomic E-state index is 0.116. The van der Waals surface area contributed by atoms with Gasteiger partial charge in [-0.2, -0.15) is 0 Å². The van der Waals surface area contributed by atoms with E-state index in [-0.39, 0.29) is 12.3 Å². The molecule has 0 spiro atoms. The Bertz CT molecular complexity index is 657. The van der Waals surface area contributed by atoms with E-state index in [9.17, 15) is 4.79 Å². The van der Waals surface area contributed by atoms with E-state index >= 15 is 0 Å². The number of aliphatic carboxylic acids is 1. The molecule has 1 aliphatic rings. The molecule has 3 rings (SSSR count). The Balaban J connectivity index is 2.13. The van der Waals surface area contributed by atoms with Gasteiger partial charge in [-0.25, -0.2) is 0 Å². The molecule has 0 amide bonds. The SMILES string of the molecule is COc1cc(C)c2[nH]c3c(c2c1)CCC3CC(=O)O. The number of aromatic nitrogens is 1. The maximum Gasteiger partial charge on any atom is 0.304 e. The Morgan fingerprint density at radius 3 is 3.00 bits per heavy atom. The van der Waals surface area contributed by atoms with Crippen molar-refractivity contribution >= 4 is 16.9 Å². The van der Waals surface area contributed by atoms with Crippen LogP contribution < -0.4 is 4.74 Å². The monoisotopic (exact) mass is 259 g/mol. The van der Waals surface area contributed by atoms with Crippen LogP contribution in [0.15, 0.2) is 12.1 Å². The van der Waals surface area contributed by atoms with Gasteiger partial charge in [0.25, 0.3) is 0 Å². The van der Waals surface area contributed by atoms with Crippen molar-refractivity contribution in [2.24, 2.45) is 0 Å². The molecule has 2 N–H and O–H groups in total. The molecule has 0 aliphatic heterocycles. The Kier molecular flexibility index (Phi) is 2.73. The topological polar surface area (TPSA) is 62.3 Å². The first-order valence-electron chi connectivity index (χ1n) is 6.51. The van der Waals surface area contributed by atoms with Gasteiger partial charge >= 0.3 is 5.97 Å². The highest BCUT2D eigenvalue weighted by atomic mass is 16.5. The zero-order valence-corrected chi connectivity index (χ0v) is 11.1. The van der Waals surface area contributed by atoms with Crippen molar-refractivity contribution < 1.29 is 14.6 Å². The molecule has 4 nitrogen and oxygen atoms in total. The summed E-state index contributed by atoms with van der Waals surface area (Å²) in [5, 5.41) is 10.2. The third-order valence-electron chi connectivity index (χ3n) is 4.03. The number of aryl methyl sites for hydroxylation is 2. The summed E-state index contributed by atoms with van der Waals surface area (Å²) in [6.45, 7) is 2.04. The fourth-order valence-corrected chi connectivity index (χ4v) is 3.13. The first-order valence-corrected chi connectivity index (χ1v) is 6.51. The molecule has 1 unspecified atom stereocenters. The smallest absolute Gasteiger partial charge is 0.304 e. The molecule has 0 bridgehead atoms. The van der Waals surface area contributed by atoms with Gasteiger partial charge in [0.1, 0.15) is 5.75 Å². The van der Waals surface area contributed by atoms with E-state index in [1.54, 1.807) is 7.11 Å². The Hall–Kier alpha value is -1.97. The van der Waals surface area contributed by atoms with E-state index < -0.39 is 5.97 Å². The average molecular weight is 259 g/mol. The van der Waals surface area contributed by atoms with Crippen LogP contribution in [0.3, 0.4) is 0 Å². The van der Waals surface area contributed by atoms with Gasteiger partial charge in [-0.1, -0.05) is 0 Å². The molecular formula is C15H17NO3. The van der Waals surface area contributed by atoms with Crippen molar-refractivity contribution in [3.63, 3.8) is 0 Å². The minimum Gasteiger partial charge on any atom is -0.497 e. The van der Waals surface area contributed by atoms with Crippen LogP contribution in [0, 0.1) is 6.92 Å². The Labute approximate surface area is 111 Å². The molecule has 1 aromatic heterocycles. The summed E-state index contributed by atoms with van der Waals surface area (Å²) in [7, 11) is 1.67. The summed E-state index contributed by atoms with van der Waals surface area (Å²) in [5.41, 5.74) is 4.62. The summed E-state index contributed by atoms with van der Waals surface area (Å²) in [6, 6.07) is 4.04. The predicted octanol–water partition coefficient (Wildman–Crippen LogP) is 2.99. The van der Waals surface area contributed by atoms with Crippen molar-refractivity contribution in [3.8, 4) is 5.75 Å². The molecule has 1 aromatic carbocycles. The molecule has 4 heteroatoms. The van der Waals surface area contributed by atoms with Crippen LogP contribution in [0.1, 0.15) is 35.6 Å². The maximum atomic E-state index is 10.9. The minimum atomic E-state index is -0.731. The largest absolute Gasteiger partial charge is 0.497 e. The van der Waals surface area contributed by atoms with Gasteiger partial charge in [-0.15, -0.1) is 0 Å². The third-order valence-corrected chi connectivity index (χ3v) is 4.03. The molecule has 2 aromatic rings. The average Bonchev–Trinajstić information content (AvgIpc) is 2.90. The number of benzene rings is 1. The van der Waals surface area contributed by atoms with E-state index in [4.69, 9.17) is 9.84 Å². The molecule has 0 saturated heterocycles. The highest BCUT2D eigenvalue weighted by Crippen LogP contribution is 2.41. The number of ether oxygens (including phenoxy) is 1. The lowest BCUT2D eigenvalue weighted by molar-refractivity contribution is -0.137. The lowest BCUT2D eigenvalue weighted by Gasteiger charge is -2.06. The molecular weight excluding hydrogens is 242 g/mol. The number of rotatable bonds is 3. The number of H-pyrrole nitrogens is 1. The molecule has 0 radical (unpaired) electrons. The van der Waals surface area contributed by atoms with Crippen molar-refractivity contribution in [2.75, 3.05) is 7.11 Å². The number of carbonyl (C=O) groups is 1. The first-order chi connectivity index (χ1) is 9.10. The number of hydrogen-bond donors (Lipinski definition) is 2. The van der Waals surface area contributed by atoms with Crippen molar-refractivity contribution in [1.29, 1.82) is 0 Å². The second kappa shape index (κ2) is 4.30. The highest BCUT2D eigenvalue weighted by Gasteiger charge is 2.28. The summed E-state index contributed by atoms with van der Waals surface area (Å²) in [5.74, 6) is 0.240. The van der Waals surface area contributed by atoms with Crippen molar-refractivity contribution in [1.82, 2.24) is 4.98 Å². The quantitative estimate of drug-likeness (QED) is 0.890. The van der Waals surface area contributed by atoms with Gasteiger partial charge < -0.3 is 14.8 Å². The molecule has 1 atom stereocenters. The lowest BCUT2D eigenvalue weighted by atomic mass is 10.0. The number of methoxy groups -OCH3 is 1. The van der Waals surface area contributed by atoms with Gasteiger partial charge in [-0.3, -0.25) is 4.79 Å². The number of aromatic amines is 1. The van der Waals surface area contributed by atoms with Crippen LogP contribution in [0.5, 0.6) is 5.75 Å². The van der Waals surface area contributed by atoms with Gasteiger partial charge in [0.05, 0.1) is 13.5 Å². The van der Waals surface area contributed by atoms with Gasteiger partial charge in [0.2, 0.25) is 0 Å². The standard InChI is InChI=1S/C15H17NO3/c1-8-5-10(19-2)7-12-11-4-3-9(6-13(17)18)15(11)16-14(8)12/h5,7,9,16H,3-4,6H2,1-2H3,(H,17,18). The Morgan fingerprint density at radius 1 is 1.53 bits per heavy atom. The third kappa shape index (κ3) is 1.87.